The molecule has 0 aliphatic heterocycles. The highest BCUT2D eigenvalue weighted by molar-refractivity contribution is 7.09. The highest BCUT2D eigenvalue weighted by Crippen LogP contribution is 2.31. The second-order valence-electron chi connectivity index (χ2n) is 11.6. The number of carboxylic acids is 1. The lowest BCUT2D eigenvalue weighted by atomic mass is 10.1. The zero-order valence-electron chi connectivity index (χ0n) is 27.6. The van der Waals surface area contributed by atoms with Crippen LogP contribution in [0.5, 0.6) is 17.4 Å². The van der Waals surface area contributed by atoms with Gasteiger partial charge in [0.25, 0.3) is 0 Å². The Bertz CT molecular complexity index is 2060. The average Bonchev–Trinajstić information content (AvgIpc) is 3.85. The summed E-state index contributed by atoms with van der Waals surface area (Å²) in [7, 11) is 1.59. The predicted molar refractivity (Wildman–Crippen MR) is 188 cm³/mol. The quantitative estimate of drug-likeness (QED) is 0.121. The van der Waals surface area contributed by atoms with Crippen molar-refractivity contribution in [2.45, 2.75) is 46.3 Å². The van der Waals surface area contributed by atoms with Gasteiger partial charge in [-0.3, -0.25) is 4.79 Å². The molecule has 250 valence electrons. The molecule has 0 spiro atoms. The van der Waals surface area contributed by atoms with Crippen molar-refractivity contribution < 1.29 is 28.5 Å². The van der Waals surface area contributed by atoms with Crippen molar-refractivity contribution in [3.63, 3.8) is 0 Å². The number of carbonyl (C=O) groups is 1. The zero-order valence-corrected chi connectivity index (χ0v) is 28.4. The first kappa shape index (κ1) is 33.2. The first-order valence-corrected chi connectivity index (χ1v) is 16.6. The summed E-state index contributed by atoms with van der Waals surface area (Å²) < 4.78 is 25.7. The van der Waals surface area contributed by atoms with E-state index in [1.165, 1.54) is 0 Å². The van der Waals surface area contributed by atoms with Crippen LogP contribution in [0.1, 0.15) is 58.6 Å². The molecule has 49 heavy (non-hydrogen) atoms. The number of ether oxygens (including phenoxy) is 3. The molecule has 0 fully saturated rings. The zero-order chi connectivity index (χ0) is 34.3. The Kier molecular flexibility index (Phi) is 10.2. The van der Waals surface area contributed by atoms with E-state index in [-0.39, 0.29) is 19.6 Å². The van der Waals surface area contributed by atoms with Crippen molar-refractivity contribution in [2.24, 2.45) is 0 Å². The molecule has 3 heterocycles. The van der Waals surface area contributed by atoms with E-state index in [0.29, 0.717) is 46.2 Å². The van der Waals surface area contributed by atoms with Gasteiger partial charge in [-0.15, -0.1) is 16.4 Å². The molecule has 0 unspecified atom stereocenters. The molecule has 10 nitrogen and oxygen atoms in total. The maximum absolute atomic E-state index is 11.0. The summed E-state index contributed by atoms with van der Waals surface area (Å²) in [5.74, 6) is 2.16. The van der Waals surface area contributed by atoms with Crippen molar-refractivity contribution in [3.05, 3.63) is 123 Å². The van der Waals surface area contributed by atoms with Crippen LogP contribution in [-0.4, -0.2) is 37.9 Å². The summed E-state index contributed by atoms with van der Waals surface area (Å²) in [4.78, 5) is 20.3. The van der Waals surface area contributed by atoms with E-state index in [4.69, 9.17) is 33.8 Å². The number of oxazole rings is 1. The number of aryl methyl sites for hydroxylation is 1. The summed E-state index contributed by atoms with van der Waals surface area (Å²) in [6, 6.07) is 22.6. The van der Waals surface area contributed by atoms with Crippen molar-refractivity contribution in [1.82, 2.24) is 19.7 Å². The van der Waals surface area contributed by atoms with Gasteiger partial charge >= 0.3 is 5.97 Å². The fraction of sp³-hybridized carbons (Fsp3) is 0.211. The maximum atomic E-state index is 11.0. The molecule has 0 aliphatic carbocycles. The van der Waals surface area contributed by atoms with Crippen LogP contribution in [0.25, 0.3) is 29.3 Å². The number of para-hydroxylation sites is 1. The second kappa shape index (κ2) is 15.0. The van der Waals surface area contributed by atoms with E-state index < -0.39 is 5.97 Å². The first-order valence-electron chi connectivity index (χ1n) is 15.7. The largest absolute Gasteiger partial charge is 0.493 e. The molecule has 0 bridgehead atoms. The molecular formula is C38H36N4O6S. The third kappa shape index (κ3) is 8.25. The Morgan fingerprint density at radius 1 is 0.959 bits per heavy atom. The molecule has 0 saturated carbocycles. The van der Waals surface area contributed by atoms with Gasteiger partial charge in [0, 0.05) is 23.1 Å². The molecular weight excluding hydrogens is 641 g/mol. The van der Waals surface area contributed by atoms with Crippen molar-refractivity contribution in [2.75, 3.05) is 7.11 Å². The van der Waals surface area contributed by atoms with Crippen LogP contribution in [-0.2, 0) is 24.4 Å². The van der Waals surface area contributed by atoms with Gasteiger partial charge in [0.05, 0.1) is 35.5 Å². The molecule has 0 saturated heterocycles. The fourth-order valence-corrected chi connectivity index (χ4v) is 5.78. The molecule has 0 amide bonds. The van der Waals surface area contributed by atoms with E-state index in [1.807, 2.05) is 73.8 Å². The number of hydrogen-bond donors (Lipinski definition) is 1. The summed E-state index contributed by atoms with van der Waals surface area (Å²) in [5.41, 5.74) is 5.63. The van der Waals surface area contributed by atoms with E-state index in [1.54, 1.807) is 47.4 Å². The van der Waals surface area contributed by atoms with Crippen LogP contribution >= 0.6 is 11.3 Å². The SMILES string of the molecule is COc1cc(COc2nn(-c3ccccc3)cc2/C=C\c2csc(C(C)C)n2)ccc1OCc1nc(-c2ccc(CC(=O)O)cc2)oc1C. The number of hydrogen-bond acceptors (Lipinski definition) is 9. The molecule has 0 radical (unpaired) electrons. The monoisotopic (exact) mass is 676 g/mol. The lowest BCUT2D eigenvalue weighted by molar-refractivity contribution is -0.136. The molecule has 3 aromatic heterocycles. The topological polar surface area (TPSA) is 122 Å². The number of aromatic nitrogens is 4. The predicted octanol–water partition coefficient (Wildman–Crippen LogP) is 8.38. The Morgan fingerprint density at radius 3 is 2.45 bits per heavy atom. The Labute approximate surface area is 288 Å². The molecule has 6 aromatic rings. The highest BCUT2D eigenvalue weighted by atomic mass is 32.1. The van der Waals surface area contributed by atoms with E-state index >= 15 is 0 Å². The molecule has 0 aliphatic rings. The Morgan fingerprint density at radius 2 is 1.73 bits per heavy atom. The number of methoxy groups -OCH3 is 1. The molecule has 6 rings (SSSR count). The number of carboxylic acid groups (broad SMARTS) is 1. The van der Waals surface area contributed by atoms with Gasteiger partial charge in [0.2, 0.25) is 11.8 Å². The Balaban J connectivity index is 1.14. The highest BCUT2D eigenvalue weighted by Gasteiger charge is 2.16. The second-order valence-corrected chi connectivity index (χ2v) is 12.5. The molecule has 1 N–H and O–H groups in total. The van der Waals surface area contributed by atoms with Gasteiger partial charge in [-0.2, -0.15) is 0 Å². The number of rotatable bonds is 14. The van der Waals surface area contributed by atoms with Crippen LogP contribution in [0.4, 0.5) is 0 Å². The number of thiazole rings is 1. The smallest absolute Gasteiger partial charge is 0.307 e. The third-order valence-electron chi connectivity index (χ3n) is 7.61. The van der Waals surface area contributed by atoms with Gasteiger partial charge in [-0.1, -0.05) is 50.2 Å². The van der Waals surface area contributed by atoms with Crippen LogP contribution < -0.4 is 14.2 Å². The summed E-state index contributed by atoms with van der Waals surface area (Å²) in [6.07, 6.45) is 5.86. The van der Waals surface area contributed by atoms with Crippen LogP contribution in [0, 0.1) is 6.92 Å². The number of nitrogens with zero attached hydrogens (tertiary/aromatic N) is 4. The van der Waals surface area contributed by atoms with Crippen LogP contribution in [0.15, 0.2) is 88.8 Å². The lowest BCUT2D eigenvalue weighted by Gasteiger charge is -2.12. The standard InChI is InChI=1S/C38H36N4O6S/c1-24(2)38-39-30(23-49-38)16-15-29-20-42(31-8-6-5-7-9-31)41-37(29)47-21-27-12-17-33(34(18-27)45-4)46-22-32-25(3)48-36(40-32)28-13-10-26(11-14-28)19-35(43)44/h5-18,20,23-24H,19,21-22H2,1-4H3,(H,43,44)/b16-15-. The summed E-state index contributed by atoms with van der Waals surface area (Å²) in [6.45, 7) is 6.53. The van der Waals surface area contributed by atoms with E-state index in [2.05, 4.69) is 24.2 Å². The average molecular weight is 677 g/mol. The Hall–Kier alpha value is -5.68. The minimum absolute atomic E-state index is 0.0407. The molecule has 0 atom stereocenters. The van der Waals surface area contributed by atoms with Gasteiger partial charge in [-0.25, -0.2) is 14.6 Å². The number of aliphatic carboxylic acids is 1. The number of benzene rings is 3. The van der Waals surface area contributed by atoms with Gasteiger partial charge in [-0.05, 0) is 66.6 Å². The summed E-state index contributed by atoms with van der Waals surface area (Å²) >= 11 is 1.66. The molecule has 3 aromatic carbocycles. The maximum Gasteiger partial charge on any atom is 0.307 e. The van der Waals surface area contributed by atoms with Gasteiger partial charge in [0.15, 0.2) is 11.5 Å². The van der Waals surface area contributed by atoms with Crippen LogP contribution in [0.3, 0.4) is 0 Å². The van der Waals surface area contributed by atoms with Crippen molar-refractivity contribution in [3.8, 4) is 34.5 Å². The third-order valence-corrected chi connectivity index (χ3v) is 8.78. The lowest BCUT2D eigenvalue weighted by Crippen LogP contribution is -2.02. The fourth-order valence-electron chi connectivity index (χ4n) is 4.97. The molecule has 11 heteroatoms. The van der Waals surface area contributed by atoms with Crippen LogP contribution in [0.2, 0.25) is 0 Å². The van der Waals surface area contributed by atoms with Gasteiger partial charge in [0.1, 0.15) is 24.7 Å². The summed E-state index contributed by atoms with van der Waals surface area (Å²) in [5, 5.41) is 16.9. The van der Waals surface area contributed by atoms with Crippen molar-refractivity contribution in [1.29, 1.82) is 0 Å². The van der Waals surface area contributed by atoms with E-state index in [0.717, 1.165) is 33.1 Å². The minimum atomic E-state index is -0.879. The normalized spacial score (nSPS) is 11.4. The van der Waals surface area contributed by atoms with Crippen molar-refractivity contribution >= 4 is 29.5 Å². The van der Waals surface area contributed by atoms with E-state index in [9.17, 15) is 4.79 Å². The first-order chi connectivity index (χ1) is 23.7. The van der Waals surface area contributed by atoms with Gasteiger partial charge < -0.3 is 23.7 Å². The minimum Gasteiger partial charge on any atom is -0.493 e.